The second kappa shape index (κ2) is 9.09. The Labute approximate surface area is 136 Å². The summed E-state index contributed by atoms with van der Waals surface area (Å²) in [5, 5.41) is 3.49. The summed E-state index contributed by atoms with van der Waals surface area (Å²) >= 11 is 3.50. The highest BCUT2D eigenvalue weighted by Gasteiger charge is 2.10. The molecule has 1 N–H and O–H groups in total. The molecule has 0 bridgehead atoms. The van der Waals surface area contributed by atoms with Gasteiger partial charge in [0.1, 0.15) is 12.4 Å². The molecule has 1 aromatic carbocycles. The topological polar surface area (TPSA) is 24.5 Å². The second-order valence-corrected chi connectivity index (χ2v) is 6.24. The lowest BCUT2D eigenvalue weighted by molar-refractivity contribution is 0.330. The molecular formula is C17H23BrN2O. The van der Waals surface area contributed by atoms with Crippen molar-refractivity contribution in [1.29, 1.82) is 0 Å². The van der Waals surface area contributed by atoms with E-state index in [0.29, 0.717) is 6.61 Å². The fraction of sp³-hybridized carbons (Fsp3) is 0.529. The van der Waals surface area contributed by atoms with Crippen LogP contribution in [-0.2, 0) is 6.54 Å². The highest BCUT2D eigenvalue weighted by Crippen LogP contribution is 2.23. The van der Waals surface area contributed by atoms with Crippen LogP contribution in [0, 0.1) is 12.3 Å². The maximum atomic E-state index is 5.57. The van der Waals surface area contributed by atoms with Gasteiger partial charge >= 0.3 is 0 Å². The first-order chi connectivity index (χ1) is 10.3. The molecule has 0 aromatic heterocycles. The Morgan fingerprint density at radius 3 is 2.90 bits per heavy atom. The third-order valence-corrected chi connectivity index (χ3v) is 4.17. The summed E-state index contributed by atoms with van der Waals surface area (Å²) < 4.78 is 6.63. The van der Waals surface area contributed by atoms with E-state index in [4.69, 9.17) is 11.2 Å². The van der Waals surface area contributed by atoms with Crippen LogP contribution in [0.25, 0.3) is 0 Å². The van der Waals surface area contributed by atoms with Gasteiger partial charge < -0.3 is 15.0 Å². The monoisotopic (exact) mass is 350 g/mol. The third-order valence-electron chi connectivity index (χ3n) is 3.68. The predicted molar refractivity (Wildman–Crippen MR) is 90.5 cm³/mol. The SMILES string of the molecule is C#CCOc1ccc(Br)cc1CNCCCN1CCCC1. The van der Waals surface area contributed by atoms with Gasteiger partial charge in [-0.3, -0.25) is 0 Å². The molecule has 1 heterocycles. The van der Waals surface area contributed by atoms with Crippen molar-refractivity contribution in [2.24, 2.45) is 0 Å². The molecule has 0 radical (unpaired) electrons. The van der Waals surface area contributed by atoms with E-state index in [1.54, 1.807) is 0 Å². The van der Waals surface area contributed by atoms with Gasteiger partial charge in [0, 0.05) is 16.6 Å². The van der Waals surface area contributed by atoms with Crippen molar-refractivity contribution in [2.45, 2.75) is 25.8 Å². The molecule has 2 rings (SSSR count). The first-order valence-electron chi connectivity index (χ1n) is 7.57. The second-order valence-electron chi connectivity index (χ2n) is 5.32. The van der Waals surface area contributed by atoms with Crippen LogP contribution < -0.4 is 10.1 Å². The fourth-order valence-corrected chi connectivity index (χ4v) is 3.01. The number of hydrogen-bond acceptors (Lipinski definition) is 3. The summed E-state index contributed by atoms with van der Waals surface area (Å²) in [5.74, 6) is 3.37. The Balaban J connectivity index is 1.73. The molecule has 0 atom stereocenters. The molecule has 1 saturated heterocycles. The van der Waals surface area contributed by atoms with Gasteiger partial charge in [-0.2, -0.15) is 0 Å². The minimum atomic E-state index is 0.309. The lowest BCUT2D eigenvalue weighted by Gasteiger charge is -2.15. The molecule has 21 heavy (non-hydrogen) atoms. The Morgan fingerprint density at radius 2 is 2.14 bits per heavy atom. The Morgan fingerprint density at radius 1 is 1.33 bits per heavy atom. The summed E-state index contributed by atoms with van der Waals surface area (Å²) in [7, 11) is 0. The molecule has 1 aromatic rings. The maximum Gasteiger partial charge on any atom is 0.148 e. The van der Waals surface area contributed by atoms with E-state index in [1.807, 2.05) is 12.1 Å². The van der Waals surface area contributed by atoms with Crippen LogP contribution in [0.3, 0.4) is 0 Å². The highest BCUT2D eigenvalue weighted by atomic mass is 79.9. The standard InChI is InChI=1S/C17H23BrN2O/c1-2-12-21-17-7-6-16(18)13-15(17)14-19-8-5-11-20-9-3-4-10-20/h1,6-7,13,19H,3-5,8-12,14H2. The van der Waals surface area contributed by atoms with Crippen molar-refractivity contribution < 1.29 is 4.74 Å². The number of terminal acetylenes is 1. The first kappa shape index (κ1) is 16.4. The number of likely N-dealkylation sites (tertiary alicyclic amines) is 1. The molecule has 0 unspecified atom stereocenters. The van der Waals surface area contributed by atoms with Crippen molar-refractivity contribution in [3.8, 4) is 18.1 Å². The van der Waals surface area contributed by atoms with Crippen LogP contribution in [0.2, 0.25) is 0 Å². The molecule has 3 nitrogen and oxygen atoms in total. The lowest BCUT2D eigenvalue weighted by Crippen LogP contribution is -2.24. The number of nitrogens with one attached hydrogen (secondary N) is 1. The van der Waals surface area contributed by atoms with Crippen molar-refractivity contribution >= 4 is 15.9 Å². The molecule has 0 aliphatic carbocycles. The van der Waals surface area contributed by atoms with Crippen molar-refractivity contribution in [3.63, 3.8) is 0 Å². The lowest BCUT2D eigenvalue weighted by atomic mass is 10.2. The normalized spacial score (nSPS) is 15.0. The van der Waals surface area contributed by atoms with E-state index in [9.17, 15) is 0 Å². The maximum absolute atomic E-state index is 5.57. The van der Waals surface area contributed by atoms with Crippen LogP contribution in [0.15, 0.2) is 22.7 Å². The minimum Gasteiger partial charge on any atom is -0.481 e. The first-order valence-corrected chi connectivity index (χ1v) is 8.36. The summed E-state index contributed by atoms with van der Waals surface area (Å²) in [6.45, 7) is 5.89. The van der Waals surface area contributed by atoms with Gasteiger partial charge in [0.25, 0.3) is 0 Å². The minimum absolute atomic E-state index is 0.309. The van der Waals surface area contributed by atoms with Crippen LogP contribution >= 0.6 is 15.9 Å². The van der Waals surface area contributed by atoms with Crippen molar-refractivity contribution in [1.82, 2.24) is 10.2 Å². The highest BCUT2D eigenvalue weighted by molar-refractivity contribution is 9.10. The summed E-state index contributed by atoms with van der Waals surface area (Å²) in [6, 6.07) is 6.02. The predicted octanol–water partition coefficient (Wildman–Crippen LogP) is 3.04. The van der Waals surface area contributed by atoms with Gasteiger partial charge in [-0.05, 0) is 63.6 Å². The van der Waals surface area contributed by atoms with E-state index < -0.39 is 0 Å². The fourth-order valence-electron chi connectivity index (χ4n) is 2.60. The van der Waals surface area contributed by atoms with Crippen LogP contribution in [0.5, 0.6) is 5.75 Å². The molecule has 0 spiro atoms. The van der Waals surface area contributed by atoms with E-state index in [-0.39, 0.29) is 0 Å². The molecule has 0 amide bonds. The van der Waals surface area contributed by atoms with Crippen LogP contribution in [0.4, 0.5) is 0 Å². The van der Waals surface area contributed by atoms with Crippen molar-refractivity contribution in [3.05, 3.63) is 28.2 Å². The molecule has 114 valence electrons. The van der Waals surface area contributed by atoms with Gasteiger partial charge in [0.2, 0.25) is 0 Å². The number of benzene rings is 1. The van der Waals surface area contributed by atoms with E-state index >= 15 is 0 Å². The summed E-state index contributed by atoms with van der Waals surface area (Å²) in [4.78, 5) is 2.54. The van der Waals surface area contributed by atoms with E-state index in [1.165, 1.54) is 38.9 Å². The van der Waals surface area contributed by atoms with Gasteiger partial charge in [-0.15, -0.1) is 6.42 Å². The third kappa shape index (κ3) is 5.70. The van der Waals surface area contributed by atoms with Gasteiger partial charge in [0.15, 0.2) is 0 Å². The average Bonchev–Trinajstić information content (AvgIpc) is 2.99. The van der Waals surface area contributed by atoms with Crippen molar-refractivity contribution in [2.75, 3.05) is 32.8 Å². The largest absolute Gasteiger partial charge is 0.481 e. The van der Waals surface area contributed by atoms with Gasteiger partial charge in [-0.1, -0.05) is 21.9 Å². The zero-order chi connectivity index (χ0) is 14.9. The Hall–Kier alpha value is -1.02. The molecular weight excluding hydrogens is 328 g/mol. The molecule has 1 fully saturated rings. The Bertz CT molecular complexity index is 478. The molecule has 1 aliphatic heterocycles. The van der Waals surface area contributed by atoms with Gasteiger partial charge in [0.05, 0.1) is 0 Å². The number of ether oxygens (including phenoxy) is 1. The Kier molecular flexibility index (Phi) is 7.08. The average molecular weight is 351 g/mol. The van der Waals surface area contributed by atoms with E-state index in [0.717, 1.165) is 28.9 Å². The van der Waals surface area contributed by atoms with Gasteiger partial charge in [-0.25, -0.2) is 0 Å². The smallest absolute Gasteiger partial charge is 0.148 e. The summed E-state index contributed by atoms with van der Waals surface area (Å²) in [6.07, 6.45) is 9.17. The number of rotatable bonds is 8. The van der Waals surface area contributed by atoms with Crippen LogP contribution in [0.1, 0.15) is 24.8 Å². The number of hydrogen-bond donors (Lipinski definition) is 1. The number of halogens is 1. The molecule has 4 heteroatoms. The molecule has 0 saturated carbocycles. The zero-order valence-electron chi connectivity index (χ0n) is 12.4. The summed E-state index contributed by atoms with van der Waals surface area (Å²) in [5.41, 5.74) is 1.14. The van der Waals surface area contributed by atoms with Crippen LogP contribution in [-0.4, -0.2) is 37.7 Å². The quantitative estimate of drug-likeness (QED) is 0.576. The number of nitrogens with zero attached hydrogens (tertiary/aromatic N) is 1. The van der Waals surface area contributed by atoms with E-state index in [2.05, 4.69) is 38.1 Å². The zero-order valence-corrected chi connectivity index (χ0v) is 14.0. The molecule has 1 aliphatic rings.